The van der Waals surface area contributed by atoms with Crippen LogP contribution in [0.2, 0.25) is 0 Å². The van der Waals surface area contributed by atoms with Crippen LogP contribution in [0.1, 0.15) is 6.42 Å². The van der Waals surface area contributed by atoms with E-state index in [1.54, 1.807) is 11.3 Å². The predicted molar refractivity (Wildman–Crippen MR) is 62.5 cm³/mol. The number of nitrogens with zero attached hydrogens (tertiary/aromatic N) is 2. The molecule has 1 aromatic heterocycles. The molecule has 1 aliphatic rings. The van der Waals surface area contributed by atoms with Crippen molar-refractivity contribution >= 4 is 26.7 Å². The zero-order valence-electron chi connectivity index (χ0n) is 8.26. The highest BCUT2D eigenvalue weighted by molar-refractivity contribution is 7.22. The largest absolute Gasteiger partial charge is 0.391 e. The van der Waals surface area contributed by atoms with Gasteiger partial charge in [0, 0.05) is 13.1 Å². The van der Waals surface area contributed by atoms with E-state index in [0.717, 1.165) is 30.2 Å². The molecule has 0 bridgehead atoms. The average molecular weight is 220 g/mol. The summed E-state index contributed by atoms with van der Waals surface area (Å²) in [5.41, 5.74) is 1.05. The molecule has 0 saturated carbocycles. The summed E-state index contributed by atoms with van der Waals surface area (Å²) < 4.78 is 1.22. The molecule has 15 heavy (non-hydrogen) atoms. The minimum absolute atomic E-state index is 0.183. The third kappa shape index (κ3) is 1.60. The van der Waals surface area contributed by atoms with Gasteiger partial charge < -0.3 is 10.0 Å². The van der Waals surface area contributed by atoms with Gasteiger partial charge in [-0.05, 0) is 18.6 Å². The van der Waals surface area contributed by atoms with Crippen LogP contribution in [-0.2, 0) is 0 Å². The summed E-state index contributed by atoms with van der Waals surface area (Å²) in [5, 5.41) is 10.5. The first-order valence-electron chi connectivity index (χ1n) is 5.11. The molecule has 1 saturated heterocycles. The molecule has 1 N–H and O–H groups in total. The van der Waals surface area contributed by atoms with Crippen LogP contribution in [0.4, 0.5) is 5.13 Å². The summed E-state index contributed by atoms with van der Waals surface area (Å²) >= 11 is 1.70. The molecule has 2 aromatic rings. The minimum Gasteiger partial charge on any atom is -0.391 e. The van der Waals surface area contributed by atoms with Gasteiger partial charge in [-0.2, -0.15) is 0 Å². The maximum Gasteiger partial charge on any atom is 0.186 e. The van der Waals surface area contributed by atoms with E-state index in [1.807, 2.05) is 18.2 Å². The summed E-state index contributed by atoms with van der Waals surface area (Å²) in [5.74, 6) is 0. The van der Waals surface area contributed by atoms with Gasteiger partial charge >= 0.3 is 0 Å². The Kier molecular flexibility index (Phi) is 2.11. The second-order valence-corrected chi connectivity index (χ2v) is 4.86. The Morgan fingerprint density at radius 3 is 3.00 bits per heavy atom. The van der Waals surface area contributed by atoms with E-state index in [9.17, 15) is 5.11 Å². The predicted octanol–water partition coefficient (Wildman–Crippen LogP) is 1.87. The standard InChI is InChI=1S/C11H12N2OS/c14-8-5-6-13(7-8)11-12-9-3-1-2-4-10(9)15-11/h1-4,8,14H,5-7H2/t8-/m1/s1. The first-order chi connectivity index (χ1) is 7.33. The van der Waals surface area contributed by atoms with Gasteiger partial charge in [-0.3, -0.25) is 0 Å². The van der Waals surface area contributed by atoms with Crippen molar-refractivity contribution in [2.75, 3.05) is 18.0 Å². The molecule has 0 spiro atoms. The van der Waals surface area contributed by atoms with Crippen LogP contribution in [0, 0.1) is 0 Å². The zero-order chi connectivity index (χ0) is 10.3. The van der Waals surface area contributed by atoms with Crippen molar-refractivity contribution in [3.63, 3.8) is 0 Å². The highest BCUT2D eigenvalue weighted by Crippen LogP contribution is 2.30. The van der Waals surface area contributed by atoms with Gasteiger partial charge in [0.2, 0.25) is 0 Å². The van der Waals surface area contributed by atoms with E-state index < -0.39 is 0 Å². The van der Waals surface area contributed by atoms with Crippen LogP contribution >= 0.6 is 11.3 Å². The Morgan fingerprint density at radius 1 is 1.40 bits per heavy atom. The molecule has 0 aliphatic carbocycles. The number of rotatable bonds is 1. The van der Waals surface area contributed by atoms with E-state index in [0.29, 0.717) is 0 Å². The minimum atomic E-state index is -0.183. The van der Waals surface area contributed by atoms with Gasteiger partial charge in [0.25, 0.3) is 0 Å². The fourth-order valence-corrected chi connectivity index (χ4v) is 2.91. The summed E-state index contributed by atoms with van der Waals surface area (Å²) in [6.45, 7) is 1.64. The maximum absolute atomic E-state index is 9.47. The van der Waals surface area contributed by atoms with Crippen molar-refractivity contribution in [1.29, 1.82) is 0 Å². The monoisotopic (exact) mass is 220 g/mol. The summed E-state index contributed by atoms with van der Waals surface area (Å²) in [6, 6.07) is 8.15. The normalized spacial score (nSPS) is 21.4. The number of aliphatic hydroxyl groups excluding tert-OH is 1. The highest BCUT2D eigenvalue weighted by Gasteiger charge is 2.22. The smallest absolute Gasteiger partial charge is 0.186 e. The summed E-state index contributed by atoms with van der Waals surface area (Å²) in [7, 11) is 0. The lowest BCUT2D eigenvalue weighted by Gasteiger charge is -2.12. The van der Waals surface area contributed by atoms with E-state index >= 15 is 0 Å². The molecule has 1 aromatic carbocycles. The lowest BCUT2D eigenvalue weighted by molar-refractivity contribution is 0.198. The van der Waals surface area contributed by atoms with Gasteiger partial charge in [0.05, 0.1) is 16.3 Å². The number of aliphatic hydroxyl groups is 1. The maximum atomic E-state index is 9.47. The Labute approximate surface area is 92.0 Å². The van der Waals surface area contributed by atoms with Crippen molar-refractivity contribution in [3.8, 4) is 0 Å². The molecular formula is C11H12N2OS. The number of aromatic nitrogens is 1. The first kappa shape index (κ1) is 9.12. The Morgan fingerprint density at radius 2 is 2.27 bits per heavy atom. The average Bonchev–Trinajstić information content (AvgIpc) is 2.82. The van der Waals surface area contributed by atoms with Gasteiger partial charge in [0.15, 0.2) is 5.13 Å². The molecular weight excluding hydrogens is 208 g/mol. The second kappa shape index (κ2) is 3.47. The Hall–Kier alpha value is -1.13. The molecule has 2 heterocycles. The molecule has 3 nitrogen and oxygen atoms in total. The van der Waals surface area contributed by atoms with E-state index in [4.69, 9.17) is 0 Å². The van der Waals surface area contributed by atoms with Crippen molar-refractivity contribution < 1.29 is 5.11 Å². The van der Waals surface area contributed by atoms with Crippen molar-refractivity contribution in [1.82, 2.24) is 4.98 Å². The molecule has 4 heteroatoms. The molecule has 1 fully saturated rings. The number of hydrogen-bond acceptors (Lipinski definition) is 4. The molecule has 1 aliphatic heterocycles. The van der Waals surface area contributed by atoms with Crippen LogP contribution < -0.4 is 4.90 Å². The van der Waals surface area contributed by atoms with Crippen LogP contribution in [-0.4, -0.2) is 29.3 Å². The number of anilines is 1. The number of hydrogen-bond donors (Lipinski definition) is 1. The van der Waals surface area contributed by atoms with E-state index in [-0.39, 0.29) is 6.10 Å². The number of benzene rings is 1. The van der Waals surface area contributed by atoms with Gasteiger partial charge in [-0.15, -0.1) is 0 Å². The fraction of sp³-hybridized carbons (Fsp3) is 0.364. The lowest BCUT2D eigenvalue weighted by atomic mass is 10.3. The lowest BCUT2D eigenvalue weighted by Crippen LogP contribution is -2.20. The molecule has 0 radical (unpaired) electrons. The van der Waals surface area contributed by atoms with E-state index in [1.165, 1.54) is 4.70 Å². The summed E-state index contributed by atoms with van der Waals surface area (Å²) in [4.78, 5) is 6.72. The van der Waals surface area contributed by atoms with Crippen LogP contribution in [0.3, 0.4) is 0 Å². The van der Waals surface area contributed by atoms with Crippen molar-refractivity contribution in [3.05, 3.63) is 24.3 Å². The Balaban J connectivity index is 1.98. The van der Waals surface area contributed by atoms with Crippen LogP contribution in [0.15, 0.2) is 24.3 Å². The van der Waals surface area contributed by atoms with Gasteiger partial charge in [-0.1, -0.05) is 23.5 Å². The highest BCUT2D eigenvalue weighted by atomic mass is 32.1. The first-order valence-corrected chi connectivity index (χ1v) is 5.93. The Bertz CT molecular complexity index is 449. The quantitative estimate of drug-likeness (QED) is 0.797. The zero-order valence-corrected chi connectivity index (χ0v) is 9.07. The second-order valence-electron chi connectivity index (χ2n) is 3.85. The molecule has 78 valence electrons. The van der Waals surface area contributed by atoms with Crippen LogP contribution in [0.25, 0.3) is 10.2 Å². The number of para-hydroxylation sites is 1. The molecule has 0 amide bonds. The van der Waals surface area contributed by atoms with E-state index in [2.05, 4.69) is 16.0 Å². The third-order valence-corrected chi connectivity index (χ3v) is 3.81. The molecule has 0 unspecified atom stereocenters. The molecule has 3 rings (SSSR count). The fourth-order valence-electron chi connectivity index (χ4n) is 1.91. The van der Waals surface area contributed by atoms with Crippen molar-refractivity contribution in [2.24, 2.45) is 0 Å². The number of thiazole rings is 1. The number of fused-ring (bicyclic) bond motifs is 1. The number of β-amino-alcohol motifs (C(OH)–C–C–N with tert-alkyl or cyclic N) is 1. The van der Waals surface area contributed by atoms with Gasteiger partial charge in [0.1, 0.15) is 0 Å². The SMILES string of the molecule is O[C@@H]1CCN(c2nc3ccccc3s2)C1. The topological polar surface area (TPSA) is 36.4 Å². The summed E-state index contributed by atoms with van der Waals surface area (Å²) in [6.07, 6.45) is 0.674. The third-order valence-electron chi connectivity index (χ3n) is 2.72. The van der Waals surface area contributed by atoms with Gasteiger partial charge in [-0.25, -0.2) is 4.98 Å². The molecule has 1 atom stereocenters. The van der Waals surface area contributed by atoms with Crippen molar-refractivity contribution in [2.45, 2.75) is 12.5 Å². The van der Waals surface area contributed by atoms with Crippen LogP contribution in [0.5, 0.6) is 0 Å².